The third-order valence-electron chi connectivity index (χ3n) is 5.73. The summed E-state index contributed by atoms with van der Waals surface area (Å²) in [5.74, 6) is 2.44. The minimum atomic E-state index is 0. The zero-order valence-corrected chi connectivity index (χ0v) is 15.1. The van der Waals surface area contributed by atoms with E-state index in [2.05, 4.69) is 33.0 Å². The lowest BCUT2D eigenvalue weighted by Crippen LogP contribution is -2.35. The number of benzene rings is 1. The van der Waals surface area contributed by atoms with Crippen molar-refractivity contribution in [3.63, 3.8) is 0 Å². The molecule has 1 aromatic carbocycles. The number of aromatic nitrogens is 1. The number of piperidine rings is 1. The van der Waals surface area contributed by atoms with Gasteiger partial charge >= 0.3 is 0 Å². The van der Waals surface area contributed by atoms with Crippen LogP contribution in [-0.2, 0) is 0 Å². The van der Waals surface area contributed by atoms with E-state index in [-0.39, 0.29) is 7.43 Å². The molecule has 1 aromatic heterocycles. The van der Waals surface area contributed by atoms with Gasteiger partial charge < -0.3 is 19.3 Å². The number of hydrogen-bond acceptors (Lipinski definition) is 5. The molecule has 2 bridgehead atoms. The first kappa shape index (κ1) is 18.1. The Morgan fingerprint density at radius 2 is 1.78 bits per heavy atom. The van der Waals surface area contributed by atoms with Gasteiger partial charge in [0.25, 0.3) is 0 Å². The van der Waals surface area contributed by atoms with Crippen LogP contribution in [0.3, 0.4) is 0 Å². The SMILES string of the molecule is C.c1cc2c(cc1-c1cncc(N3CCN4CCCC(C4)C3)c1)OCCO2. The molecule has 4 heterocycles. The van der Waals surface area contributed by atoms with Crippen molar-refractivity contribution in [3.05, 3.63) is 36.7 Å². The van der Waals surface area contributed by atoms with Crippen LogP contribution >= 0.6 is 0 Å². The second-order valence-electron chi connectivity index (χ2n) is 7.55. The molecule has 0 aliphatic carbocycles. The van der Waals surface area contributed by atoms with Crippen LogP contribution in [0.5, 0.6) is 11.5 Å². The van der Waals surface area contributed by atoms with Gasteiger partial charge in [0.15, 0.2) is 11.5 Å². The van der Waals surface area contributed by atoms with E-state index in [9.17, 15) is 0 Å². The molecule has 2 aromatic rings. The Kier molecular flexibility index (Phi) is 5.21. The Morgan fingerprint density at radius 3 is 2.70 bits per heavy atom. The first-order valence-electron chi connectivity index (χ1n) is 9.67. The van der Waals surface area contributed by atoms with E-state index in [1.54, 1.807) is 0 Å². The molecule has 0 N–H and O–H groups in total. The van der Waals surface area contributed by atoms with Crippen molar-refractivity contribution < 1.29 is 9.47 Å². The fourth-order valence-electron chi connectivity index (χ4n) is 4.38. The molecule has 5 heteroatoms. The van der Waals surface area contributed by atoms with Gasteiger partial charge in [-0.25, -0.2) is 0 Å². The summed E-state index contributed by atoms with van der Waals surface area (Å²) in [6.45, 7) is 7.14. The lowest BCUT2D eigenvalue weighted by Gasteiger charge is -2.29. The third kappa shape index (κ3) is 3.74. The van der Waals surface area contributed by atoms with Crippen molar-refractivity contribution >= 4 is 5.69 Å². The zero-order valence-electron chi connectivity index (χ0n) is 15.1. The van der Waals surface area contributed by atoms with Gasteiger partial charge in [-0.2, -0.15) is 0 Å². The predicted octanol–water partition coefficient (Wildman–Crippen LogP) is 3.69. The van der Waals surface area contributed by atoms with Crippen LogP contribution in [0.2, 0.25) is 0 Å². The Labute approximate surface area is 161 Å². The fraction of sp³-hybridized carbons (Fsp3) is 0.500. The molecule has 2 atom stereocenters. The quantitative estimate of drug-likeness (QED) is 0.809. The van der Waals surface area contributed by atoms with E-state index in [4.69, 9.17) is 9.47 Å². The highest BCUT2D eigenvalue weighted by molar-refractivity contribution is 5.70. The van der Waals surface area contributed by atoms with Gasteiger partial charge in [-0.1, -0.05) is 13.5 Å². The summed E-state index contributed by atoms with van der Waals surface area (Å²) in [5.41, 5.74) is 3.49. The van der Waals surface area contributed by atoms with Crippen LogP contribution in [0.25, 0.3) is 11.1 Å². The Morgan fingerprint density at radius 1 is 0.889 bits per heavy atom. The van der Waals surface area contributed by atoms with Crippen molar-refractivity contribution in [1.29, 1.82) is 0 Å². The second kappa shape index (κ2) is 7.77. The summed E-state index contributed by atoms with van der Waals surface area (Å²) in [4.78, 5) is 9.67. The predicted molar refractivity (Wildman–Crippen MR) is 109 cm³/mol. The zero-order chi connectivity index (χ0) is 17.3. The number of anilines is 1. The summed E-state index contributed by atoms with van der Waals surface area (Å²) < 4.78 is 11.4. The van der Waals surface area contributed by atoms with E-state index >= 15 is 0 Å². The van der Waals surface area contributed by atoms with E-state index < -0.39 is 0 Å². The highest BCUT2D eigenvalue weighted by atomic mass is 16.6. The smallest absolute Gasteiger partial charge is 0.161 e. The number of ether oxygens (including phenoxy) is 2. The van der Waals surface area contributed by atoms with Crippen LogP contribution < -0.4 is 14.4 Å². The van der Waals surface area contributed by atoms with Gasteiger partial charge in [-0.15, -0.1) is 0 Å². The number of fused-ring (bicyclic) bond motifs is 3. The lowest BCUT2D eigenvalue weighted by molar-refractivity contribution is 0.171. The van der Waals surface area contributed by atoms with Crippen molar-refractivity contribution in [2.45, 2.75) is 20.3 Å². The average molecular weight is 367 g/mol. The summed E-state index contributed by atoms with van der Waals surface area (Å²) in [7, 11) is 0. The number of hydrogen-bond donors (Lipinski definition) is 0. The number of rotatable bonds is 2. The van der Waals surface area contributed by atoms with E-state index in [1.165, 1.54) is 31.6 Å². The molecule has 3 aliphatic rings. The highest BCUT2D eigenvalue weighted by Gasteiger charge is 2.26. The van der Waals surface area contributed by atoms with Crippen LogP contribution in [0.4, 0.5) is 5.69 Å². The van der Waals surface area contributed by atoms with E-state index in [0.29, 0.717) is 13.2 Å². The first-order chi connectivity index (χ1) is 12.8. The summed E-state index contributed by atoms with van der Waals surface area (Å²) >= 11 is 0. The van der Waals surface area contributed by atoms with Gasteiger partial charge in [0.05, 0.1) is 11.9 Å². The largest absolute Gasteiger partial charge is 0.486 e. The van der Waals surface area contributed by atoms with Crippen molar-refractivity contribution in [3.8, 4) is 22.6 Å². The molecule has 0 radical (unpaired) electrons. The van der Waals surface area contributed by atoms with Crippen LogP contribution in [0.15, 0.2) is 36.7 Å². The highest BCUT2D eigenvalue weighted by Crippen LogP contribution is 2.35. The molecule has 2 fully saturated rings. The maximum Gasteiger partial charge on any atom is 0.161 e. The van der Waals surface area contributed by atoms with Crippen molar-refractivity contribution in [2.75, 3.05) is 50.8 Å². The normalized spacial score (nSPS) is 23.9. The van der Waals surface area contributed by atoms with E-state index in [0.717, 1.165) is 48.2 Å². The average Bonchev–Trinajstić information content (AvgIpc) is 2.85. The summed E-state index contributed by atoms with van der Waals surface area (Å²) in [6, 6.07) is 8.42. The summed E-state index contributed by atoms with van der Waals surface area (Å²) in [5, 5.41) is 0. The Bertz CT molecular complexity index is 795. The summed E-state index contributed by atoms with van der Waals surface area (Å²) in [6.07, 6.45) is 6.64. The molecule has 0 spiro atoms. The van der Waals surface area contributed by atoms with Gasteiger partial charge in [0.1, 0.15) is 13.2 Å². The topological polar surface area (TPSA) is 37.8 Å². The molecule has 27 heavy (non-hydrogen) atoms. The number of nitrogens with zero attached hydrogens (tertiary/aromatic N) is 3. The molecular formula is C22H29N3O2. The molecule has 0 amide bonds. The second-order valence-corrected chi connectivity index (χ2v) is 7.55. The van der Waals surface area contributed by atoms with E-state index in [1.807, 2.05) is 18.5 Å². The Hall–Kier alpha value is -2.27. The standard InChI is InChI=1S/C21H25N3O2.CH4/c1-2-16-14-23(5-1)6-7-24(15-16)19-10-18(12-22-13-19)17-3-4-20-21(11-17)26-9-8-25-20;/h3-4,10-13,16H,1-2,5-9,14-15H2;1H4. The molecule has 5 rings (SSSR count). The van der Waals surface area contributed by atoms with Gasteiger partial charge in [-0.05, 0) is 49.1 Å². The van der Waals surface area contributed by atoms with Gasteiger partial charge in [-0.3, -0.25) is 4.98 Å². The lowest BCUT2D eigenvalue weighted by atomic mass is 9.98. The molecular weight excluding hydrogens is 338 g/mol. The van der Waals surface area contributed by atoms with Crippen LogP contribution in [-0.4, -0.2) is 55.8 Å². The van der Waals surface area contributed by atoms with Crippen molar-refractivity contribution in [1.82, 2.24) is 9.88 Å². The molecule has 3 aliphatic heterocycles. The first-order valence-corrected chi connectivity index (χ1v) is 9.67. The van der Waals surface area contributed by atoms with Gasteiger partial charge in [0, 0.05) is 37.9 Å². The monoisotopic (exact) mass is 367 g/mol. The molecule has 2 unspecified atom stereocenters. The minimum absolute atomic E-state index is 0. The molecule has 144 valence electrons. The van der Waals surface area contributed by atoms with Crippen LogP contribution in [0.1, 0.15) is 20.3 Å². The minimum Gasteiger partial charge on any atom is -0.486 e. The van der Waals surface area contributed by atoms with Gasteiger partial charge in [0.2, 0.25) is 0 Å². The fourth-order valence-corrected chi connectivity index (χ4v) is 4.38. The maximum absolute atomic E-state index is 5.73. The molecule has 5 nitrogen and oxygen atoms in total. The molecule has 2 saturated heterocycles. The maximum atomic E-state index is 5.73. The third-order valence-corrected chi connectivity index (χ3v) is 5.73. The Balaban J connectivity index is 0.00000180. The van der Waals surface area contributed by atoms with Crippen molar-refractivity contribution in [2.24, 2.45) is 5.92 Å². The molecule has 0 saturated carbocycles. The van der Waals surface area contributed by atoms with Crippen LogP contribution in [0, 0.1) is 5.92 Å². The number of pyridine rings is 1.